The summed E-state index contributed by atoms with van der Waals surface area (Å²) in [5, 5.41) is 3.30. The lowest BCUT2D eigenvalue weighted by Crippen LogP contribution is -2.51. The minimum atomic E-state index is -0.130. The lowest BCUT2D eigenvalue weighted by atomic mass is 9.47. The van der Waals surface area contributed by atoms with Crippen molar-refractivity contribution in [3.05, 3.63) is 16.6 Å². The van der Waals surface area contributed by atoms with Crippen molar-refractivity contribution in [2.24, 2.45) is 33.8 Å². The first kappa shape index (κ1) is 17.2. The van der Waals surface area contributed by atoms with E-state index in [9.17, 15) is 9.70 Å². The van der Waals surface area contributed by atoms with Crippen LogP contribution in [0.1, 0.15) is 72.1 Å². The van der Waals surface area contributed by atoms with Gasteiger partial charge in [0.25, 0.3) is 0 Å². The Morgan fingerprint density at radius 1 is 1.12 bits per heavy atom. The molecule has 0 radical (unpaired) electrons. The molecule has 7 atom stereocenters. The van der Waals surface area contributed by atoms with E-state index in [1.54, 1.807) is 6.92 Å². The second kappa shape index (κ2) is 5.92. The van der Waals surface area contributed by atoms with E-state index in [0.29, 0.717) is 11.8 Å². The number of hydrogen-bond acceptors (Lipinski definition) is 4. The van der Waals surface area contributed by atoms with Gasteiger partial charge in [-0.05, 0) is 74.5 Å². The Hall–Kier alpha value is -1.19. The van der Waals surface area contributed by atoms with Crippen molar-refractivity contribution in [3.63, 3.8) is 0 Å². The lowest BCUT2D eigenvalue weighted by molar-refractivity contribution is -0.157. The van der Waals surface area contributed by atoms with E-state index < -0.39 is 0 Å². The van der Waals surface area contributed by atoms with Gasteiger partial charge in [0.15, 0.2) is 0 Å². The molecule has 2 unspecified atom stereocenters. The van der Waals surface area contributed by atoms with Crippen LogP contribution in [-0.2, 0) is 9.53 Å². The average molecular weight is 345 g/mol. The van der Waals surface area contributed by atoms with Crippen molar-refractivity contribution < 1.29 is 9.53 Å². The number of carbonyl (C=O) groups is 1. The zero-order valence-electron chi connectivity index (χ0n) is 15.8. The molecule has 0 amide bonds. The molecule has 4 nitrogen and oxygen atoms in total. The Morgan fingerprint density at radius 3 is 2.64 bits per heavy atom. The normalized spacial score (nSPS) is 48.6. The predicted octanol–water partition coefficient (Wildman–Crippen LogP) is 5.02. The molecule has 25 heavy (non-hydrogen) atoms. The first-order valence-electron chi connectivity index (χ1n) is 10.1. The molecular formula is C21H31NO3. The molecule has 0 aromatic carbocycles. The van der Waals surface area contributed by atoms with Crippen LogP contribution in [0.15, 0.2) is 16.8 Å². The molecule has 0 aliphatic heterocycles. The van der Waals surface area contributed by atoms with Gasteiger partial charge in [0.1, 0.15) is 12.1 Å². The molecular weight excluding hydrogens is 314 g/mol. The number of ether oxygens (including phenoxy) is 1. The van der Waals surface area contributed by atoms with E-state index in [4.69, 9.17) is 4.74 Å². The lowest BCUT2D eigenvalue weighted by Gasteiger charge is -2.58. The maximum Gasteiger partial charge on any atom is 0.302 e. The van der Waals surface area contributed by atoms with Crippen molar-refractivity contribution in [1.29, 1.82) is 0 Å². The van der Waals surface area contributed by atoms with Crippen LogP contribution in [0.25, 0.3) is 0 Å². The summed E-state index contributed by atoms with van der Waals surface area (Å²) in [5.74, 6) is 2.00. The summed E-state index contributed by atoms with van der Waals surface area (Å²) >= 11 is 0. The summed E-state index contributed by atoms with van der Waals surface area (Å²) in [7, 11) is 0. The molecule has 0 saturated heterocycles. The third-order valence-electron chi connectivity index (χ3n) is 8.45. The fourth-order valence-electron chi connectivity index (χ4n) is 7.14. The molecule has 0 spiro atoms. The Morgan fingerprint density at radius 2 is 1.92 bits per heavy atom. The van der Waals surface area contributed by atoms with Crippen molar-refractivity contribution in [3.8, 4) is 0 Å². The topological polar surface area (TPSA) is 55.7 Å². The highest BCUT2D eigenvalue weighted by Crippen LogP contribution is 2.65. The molecule has 0 aromatic rings. The molecule has 0 heterocycles. The van der Waals surface area contributed by atoms with Crippen LogP contribution < -0.4 is 0 Å². The van der Waals surface area contributed by atoms with Crippen LogP contribution >= 0.6 is 0 Å². The molecule has 4 rings (SSSR count). The Kier molecular flexibility index (Phi) is 4.08. The van der Waals surface area contributed by atoms with E-state index in [2.05, 4.69) is 25.1 Å². The van der Waals surface area contributed by atoms with Crippen molar-refractivity contribution >= 4 is 5.97 Å². The number of rotatable bonds is 2. The van der Waals surface area contributed by atoms with Crippen molar-refractivity contribution in [2.45, 2.75) is 84.3 Å². The van der Waals surface area contributed by atoms with Crippen molar-refractivity contribution in [1.82, 2.24) is 0 Å². The second-order valence-electron chi connectivity index (χ2n) is 9.46. The molecule has 0 bridgehead atoms. The van der Waals surface area contributed by atoms with Gasteiger partial charge in [-0.1, -0.05) is 30.7 Å². The molecule has 3 saturated carbocycles. The molecule has 4 aliphatic carbocycles. The zero-order chi connectivity index (χ0) is 17.8. The zero-order valence-corrected chi connectivity index (χ0v) is 15.8. The molecule has 0 N–H and O–H groups in total. The van der Waals surface area contributed by atoms with Crippen LogP contribution in [0.3, 0.4) is 0 Å². The Labute approximate surface area is 150 Å². The van der Waals surface area contributed by atoms with Crippen LogP contribution in [-0.4, -0.2) is 18.1 Å². The molecule has 138 valence electrons. The predicted molar refractivity (Wildman–Crippen MR) is 96.8 cm³/mol. The van der Waals surface area contributed by atoms with Gasteiger partial charge in [0.2, 0.25) is 0 Å². The quantitative estimate of drug-likeness (QED) is 0.401. The summed E-state index contributed by atoms with van der Waals surface area (Å²) in [5.41, 5.74) is 1.92. The van der Waals surface area contributed by atoms with Gasteiger partial charge in [-0.3, -0.25) is 4.79 Å². The average Bonchev–Trinajstić information content (AvgIpc) is 2.90. The van der Waals surface area contributed by atoms with Gasteiger partial charge in [0, 0.05) is 12.3 Å². The monoisotopic (exact) mass is 345 g/mol. The number of fused-ring (bicyclic) bond motifs is 5. The van der Waals surface area contributed by atoms with Crippen LogP contribution in [0.2, 0.25) is 0 Å². The smallest absolute Gasteiger partial charge is 0.302 e. The summed E-state index contributed by atoms with van der Waals surface area (Å²) in [4.78, 5) is 22.5. The first-order chi connectivity index (χ1) is 11.9. The summed E-state index contributed by atoms with van der Waals surface area (Å²) in [6.45, 7) is 6.35. The van der Waals surface area contributed by atoms with E-state index in [0.717, 1.165) is 38.0 Å². The standard InChI is InChI=1S/C21H31NO3/c1-13(23)25-19-7-6-17-16-5-4-14-12-15(22-24)8-10-20(14,2)18(16)9-11-21(17,19)3/h12,15-19H,4-11H2,1-3H3/t15?,16-,17-,18-,19?,20-,21-/m0/s1. The van der Waals surface area contributed by atoms with E-state index in [1.165, 1.54) is 24.8 Å². The number of carbonyl (C=O) groups excluding carboxylic acids is 1. The highest BCUT2D eigenvalue weighted by atomic mass is 16.5. The first-order valence-corrected chi connectivity index (χ1v) is 10.1. The summed E-state index contributed by atoms with van der Waals surface area (Å²) < 4.78 is 5.73. The van der Waals surface area contributed by atoms with Gasteiger partial charge in [0.05, 0.1) is 0 Å². The van der Waals surface area contributed by atoms with Gasteiger partial charge >= 0.3 is 5.97 Å². The summed E-state index contributed by atoms with van der Waals surface area (Å²) in [6.07, 6.45) is 11.3. The summed E-state index contributed by atoms with van der Waals surface area (Å²) in [6, 6.07) is -0.103. The van der Waals surface area contributed by atoms with Crippen LogP contribution in [0, 0.1) is 33.5 Å². The molecule has 4 aliphatic rings. The Balaban J connectivity index is 1.60. The molecule has 3 fully saturated rings. The van der Waals surface area contributed by atoms with E-state index in [1.807, 2.05) is 0 Å². The fraction of sp³-hybridized carbons (Fsp3) is 0.857. The van der Waals surface area contributed by atoms with Gasteiger partial charge in [-0.25, -0.2) is 0 Å². The van der Waals surface area contributed by atoms with Crippen LogP contribution in [0.5, 0.6) is 0 Å². The maximum absolute atomic E-state index is 11.5. The van der Waals surface area contributed by atoms with Gasteiger partial charge < -0.3 is 4.74 Å². The number of hydrogen-bond donors (Lipinski definition) is 0. The third kappa shape index (κ3) is 2.50. The fourth-order valence-corrected chi connectivity index (χ4v) is 7.14. The molecule has 4 heteroatoms. The number of esters is 1. The van der Waals surface area contributed by atoms with E-state index >= 15 is 0 Å². The number of allylic oxidation sites excluding steroid dienone is 1. The SMILES string of the molecule is CC(=O)OC1CC[C@H]2[C@@H]3CCC4=CC(N=O)CC[C@]4(C)[C@H]3CC[C@]12C. The van der Waals surface area contributed by atoms with Crippen molar-refractivity contribution in [2.75, 3.05) is 0 Å². The minimum absolute atomic E-state index is 0.103. The third-order valence-corrected chi connectivity index (χ3v) is 8.45. The van der Waals surface area contributed by atoms with Gasteiger partial charge in [-0.2, -0.15) is 4.91 Å². The van der Waals surface area contributed by atoms with Crippen LogP contribution in [0.4, 0.5) is 0 Å². The number of nitroso groups, excluding NO2 is 1. The second-order valence-corrected chi connectivity index (χ2v) is 9.46. The highest BCUT2D eigenvalue weighted by molar-refractivity contribution is 5.66. The molecule has 0 aromatic heterocycles. The number of nitrogens with zero attached hydrogens (tertiary/aromatic N) is 1. The van der Waals surface area contributed by atoms with E-state index in [-0.39, 0.29) is 28.9 Å². The largest absolute Gasteiger partial charge is 0.462 e. The van der Waals surface area contributed by atoms with Gasteiger partial charge in [-0.15, -0.1) is 0 Å². The Bertz CT molecular complexity index is 614. The minimum Gasteiger partial charge on any atom is -0.462 e. The maximum atomic E-state index is 11.5. The highest BCUT2D eigenvalue weighted by Gasteiger charge is 2.59.